The number of halogens is 1. The number of imidazole rings is 1. The largest absolute Gasteiger partial charge is 0.333 e. The monoisotopic (exact) mass is 231 g/mol. The lowest BCUT2D eigenvalue weighted by molar-refractivity contribution is 0.206. The van der Waals surface area contributed by atoms with Crippen LogP contribution in [0.2, 0.25) is 0 Å². The number of fused-ring (bicyclic) bond motifs is 1. The zero-order chi connectivity index (χ0) is 11.7. The fourth-order valence-electron chi connectivity index (χ4n) is 2.23. The van der Waals surface area contributed by atoms with Crippen molar-refractivity contribution in [1.29, 1.82) is 0 Å². The summed E-state index contributed by atoms with van der Waals surface area (Å²) in [6, 6.07) is 6.96. The topological polar surface area (TPSA) is 21.1 Å². The molecule has 0 aliphatic carbocycles. The Morgan fingerprint density at radius 1 is 1.24 bits per heavy atom. The van der Waals surface area contributed by atoms with Gasteiger partial charge < -0.3 is 4.57 Å². The maximum Gasteiger partial charge on any atom is 0.127 e. The first-order valence-electron chi connectivity index (χ1n) is 5.79. The Bertz CT molecular complexity index is 521. The Hall–Kier alpha value is -1.68. The first-order valence-corrected chi connectivity index (χ1v) is 5.79. The van der Waals surface area contributed by atoms with Crippen LogP contribution in [0.15, 0.2) is 36.7 Å². The standard InChI is InChI=1S/C13H14FN3/c14-12-4-2-1-3-11(12)9-16-7-8-17-6-5-15-13(17)10-16/h1-6H,7-10H2. The van der Waals surface area contributed by atoms with Crippen LogP contribution in [0.25, 0.3) is 0 Å². The van der Waals surface area contributed by atoms with Crippen LogP contribution in [-0.4, -0.2) is 21.0 Å². The summed E-state index contributed by atoms with van der Waals surface area (Å²) in [6.07, 6.45) is 3.82. The van der Waals surface area contributed by atoms with Crippen molar-refractivity contribution in [3.63, 3.8) is 0 Å². The lowest BCUT2D eigenvalue weighted by Crippen LogP contribution is -2.33. The minimum Gasteiger partial charge on any atom is -0.333 e. The molecule has 1 aliphatic rings. The van der Waals surface area contributed by atoms with Crippen molar-refractivity contribution in [2.24, 2.45) is 0 Å². The van der Waals surface area contributed by atoms with Crippen molar-refractivity contribution in [3.8, 4) is 0 Å². The summed E-state index contributed by atoms with van der Waals surface area (Å²) < 4.78 is 15.7. The van der Waals surface area contributed by atoms with Crippen molar-refractivity contribution in [1.82, 2.24) is 14.5 Å². The highest BCUT2D eigenvalue weighted by atomic mass is 19.1. The maximum absolute atomic E-state index is 13.5. The van der Waals surface area contributed by atoms with Gasteiger partial charge in [0.2, 0.25) is 0 Å². The van der Waals surface area contributed by atoms with Gasteiger partial charge in [-0.15, -0.1) is 0 Å². The lowest BCUT2D eigenvalue weighted by Gasteiger charge is -2.27. The molecule has 1 aromatic carbocycles. The summed E-state index contributed by atoms with van der Waals surface area (Å²) in [6.45, 7) is 3.32. The molecule has 0 saturated heterocycles. The van der Waals surface area contributed by atoms with E-state index in [1.165, 1.54) is 6.07 Å². The second-order valence-electron chi connectivity index (χ2n) is 4.34. The van der Waals surface area contributed by atoms with Crippen molar-refractivity contribution in [3.05, 3.63) is 53.9 Å². The van der Waals surface area contributed by atoms with Crippen LogP contribution in [0.3, 0.4) is 0 Å². The number of benzene rings is 1. The molecule has 0 amide bonds. The van der Waals surface area contributed by atoms with Gasteiger partial charge in [-0.2, -0.15) is 0 Å². The number of nitrogens with zero attached hydrogens (tertiary/aromatic N) is 3. The van der Waals surface area contributed by atoms with Crippen LogP contribution in [0, 0.1) is 5.82 Å². The molecule has 4 heteroatoms. The second-order valence-corrected chi connectivity index (χ2v) is 4.34. The molecule has 0 atom stereocenters. The molecular weight excluding hydrogens is 217 g/mol. The highest BCUT2D eigenvalue weighted by Gasteiger charge is 2.17. The third-order valence-corrected chi connectivity index (χ3v) is 3.18. The van der Waals surface area contributed by atoms with Gasteiger partial charge in [0.15, 0.2) is 0 Å². The van der Waals surface area contributed by atoms with E-state index >= 15 is 0 Å². The molecule has 3 nitrogen and oxygen atoms in total. The van der Waals surface area contributed by atoms with Gasteiger partial charge in [-0.3, -0.25) is 4.90 Å². The van der Waals surface area contributed by atoms with Crippen LogP contribution in [0.4, 0.5) is 4.39 Å². The SMILES string of the molecule is Fc1ccccc1CN1CCn2ccnc2C1. The Balaban J connectivity index is 1.74. The zero-order valence-electron chi connectivity index (χ0n) is 9.51. The maximum atomic E-state index is 13.5. The van der Waals surface area contributed by atoms with E-state index in [1.807, 2.05) is 24.5 Å². The predicted molar refractivity (Wildman–Crippen MR) is 62.7 cm³/mol. The number of hydrogen-bond donors (Lipinski definition) is 0. The second kappa shape index (κ2) is 4.30. The number of aromatic nitrogens is 2. The Morgan fingerprint density at radius 2 is 2.12 bits per heavy atom. The van der Waals surface area contributed by atoms with Gasteiger partial charge in [0, 0.05) is 37.6 Å². The molecule has 2 aromatic rings. The first-order chi connectivity index (χ1) is 8.33. The summed E-state index contributed by atoms with van der Waals surface area (Å²) in [4.78, 5) is 6.52. The van der Waals surface area contributed by atoms with Gasteiger partial charge in [-0.1, -0.05) is 18.2 Å². The average Bonchev–Trinajstić information content (AvgIpc) is 2.79. The normalized spacial score (nSPS) is 15.8. The van der Waals surface area contributed by atoms with Crippen molar-refractivity contribution in [2.45, 2.75) is 19.6 Å². The number of hydrogen-bond acceptors (Lipinski definition) is 2. The summed E-state index contributed by atoms with van der Waals surface area (Å²) in [5.41, 5.74) is 0.757. The molecule has 2 heterocycles. The summed E-state index contributed by atoms with van der Waals surface area (Å²) in [7, 11) is 0. The Kier molecular flexibility index (Phi) is 2.65. The first kappa shape index (κ1) is 10.5. The van der Waals surface area contributed by atoms with Crippen molar-refractivity contribution >= 4 is 0 Å². The molecule has 3 rings (SSSR count). The van der Waals surface area contributed by atoms with E-state index in [1.54, 1.807) is 6.07 Å². The molecule has 88 valence electrons. The fraction of sp³-hybridized carbons (Fsp3) is 0.308. The highest BCUT2D eigenvalue weighted by molar-refractivity contribution is 5.17. The third kappa shape index (κ3) is 2.08. The van der Waals surface area contributed by atoms with Crippen LogP contribution in [0.5, 0.6) is 0 Å². The van der Waals surface area contributed by atoms with Crippen LogP contribution in [0.1, 0.15) is 11.4 Å². The molecule has 0 N–H and O–H groups in total. The van der Waals surface area contributed by atoms with Crippen LogP contribution in [-0.2, 0) is 19.6 Å². The van der Waals surface area contributed by atoms with Crippen LogP contribution < -0.4 is 0 Å². The van der Waals surface area contributed by atoms with E-state index in [2.05, 4.69) is 14.5 Å². The minimum absolute atomic E-state index is 0.124. The Labute approximate surface area is 99.5 Å². The molecule has 0 unspecified atom stereocenters. The molecule has 0 spiro atoms. The predicted octanol–water partition coefficient (Wildman–Crippen LogP) is 2.04. The van der Waals surface area contributed by atoms with Crippen molar-refractivity contribution < 1.29 is 4.39 Å². The van der Waals surface area contributed by atoms with Crippen LogP contribution >= 0.6 is 0 Å². The summed E-state index contributed by atoms with van der Waals surface area (Å²) in [5, 5.41) is 0. The van der Waals surface area contributed by atoms with Gasteiger partial charge in [0.05, 0.1) is 6.54 Å². The van der Waals surface area contributed by atoms with E-state index in [0.717, 1.165) is 31.0 Å². The zero-order valence-corrected chi connectivity index (χ0v) is 9.51. The molecule has 1 aliphatic heterocycles. The van der Waals surface area contributed by atoms with Gasteiger partial charge in [-0.25, -0.2) is 9.37 Å². The molecule has 0 fully saturated rings. The van der Waals surface area contributed by atoms with Gasteiger partial charge in [-0.05, 0) is 6.07 Å². The third-order valence-electron chi connectivity index (χ3n) is 3.18. The van der Waals surface area contributed by atoms with E-state index in [4.69, 9.17) is 0 Å². The van der Waals surface area contributed by atoms with E-state index < -0.39 is 0 Å². The van der Waals surface area contributed by atoms with Crippen molar-refractivity contribution in [2.75, 3.05) is 6.54 Å². The molecule has 1 aromatic heterocycles. The lowest BCUT2D eigenvalue weighted by atomic mass is 10.2. The average molecular weight is 231 g/mol. The summed E-state index contributed by atoms with van der Waals surface area (Å²) >= 11 is 0. The fourth-order valence-corrected chi connectivity index (χ4v) is 2.23. The smallest absolute Gasteiger partial charge is 0.127 e. The van der Waals surface area contributed by atoms with Gasteiger partial charge >= 0.3 is 0 Å². The van der Waals surface area contributed by atoms with E-state index in [0.29, 0.717) is 6.54 Å². The molecule has 0 saturated carbocycles. The highest BCUT2D eigenvalue weighted by Crippen LogP contribution is 2.15. The molecular formula is C13H14FN3. The Morgan fingerprint density at radius 3 is 3.00 bits per heavy atom. The van der Waals surface area contributed by atoms with E-state index in [-0.39, 0.29) is 5.82 Å². The van der Waals surface area contributed by atoms with E-state index in [9.17, 15) is 4.39 Å². The summed E-state index contributed by atoms with van der Waals surface area (Å²) in [5.74, 6) is 0.939. The number of rotatable bonds is 2. The molecule has 17 heavy (non-hydrogen) atoms. The van der Waals surface area contributed by atoms with Gasteiger partial charge in [0.25, 0.3) is 0 Å². The molecule has 0 bridgehead atoms. The minimum atomic E-state index is -0.124. The van der Waals surface area contributed by atoms with Gasteiger partial charge in [0.1, 0.15) is 11.6 Å². The molecule has 0 radical (unpaired) electrons. The quantitative estimate of drug-likeness (QED) is 0.788.